The lowest BCUT2D eigenvalue weighted by molar-refractivity contribution is 0.199. The van der Waals surface area contributed by atoms with E-state index in [1.54, 1.807) is 0 Å². The molecule has 0 aromatic carbocycles. The highest BCUT2D eigenvalue weighted by molar-refractivity contribution is 7.11. The van der Waals surface area contributed by atoms with Gasteiger partial charge in [-0.15, -0.1) is 11.3 Å². The molecule has 2 aromatic rings. The maximum atomic E-state index is 4.53. The molecule has 3 rings (SSSR count). The third-order valence-corrected chi connectivity index (χ3v) is 5.07. The number of nitrogens with zero attached hydrogens (tertiary/aromatic N) is 3. The third-order valence-electron chi connectivity index (χ3n) is 4.02. The number of aromatic amines is 1. The molecule has 1 N–H and O–H groups in total. The Morgan fingerprint density at radius 3 is 2.90 bits per heavy atom. The lowest BCUT2D eigenvalue weighted by Crippen LogP contribution is -2.34. The molecular weight excluding hydrogens is 268 g/mol. The molecule has 0 radical (unpaired) electrons. The van der Waals surface area contributed by atoms with Gasteiger partial charge in [-0.1, -0.05) is 0 Å². The number of thiazole rings is 1. The van der Waals surface area contributed by atoms with Crippen molar-refractivity contribution in [3.63, 3.8) is 0 Å². The number of H-pyrrole nitrogens is 1. The van der Waals surface area contributed by atoms with Crippen molar-refractivity contribution >= 4 is 11.3 Å². The summed E-state index contributed by atoms with van der Waals surface area (Å²) in [7, 11) is 0. The smallest absolute Gasteiger partial charge is 0.0900 e. The maximum absolute atomic E-state index is 4.53. The van der Waals surface area contributed by atoms with Crippen LogP contribution in [-0.4, -0.2) is 33.2 Å². The Morgan fingerprint density at radius 1 is 1.40 bits per heavy atom. The van der Waals surface area contributed by atoms with E-state index in [1.165, 1.54) is 40.7 Å². The Balaban J connectivity index is 1.67. The van der Waals surface area contributed by atoms with Gasteiger partial charge in [0.25, 0.3) is 0 Å². The number of rotatable bonds is 3. The number of hydrogen-bond acceptors (Lipinski definition) is 4. The van der Waals surface area contributed by atoms with E-state index in [1.807, 2.05) is 11.3 Å². The van der Waals surface area contributed by atoms with Gasteiger partial charge in [-0.05, 0) is 46.2 Å². The average molecular weight is 290 g/mol. The molecule has 108 valence electrons. The highest BCUT2D eigenvalue weighted by atomic mass is 32.1. The largest absolute Gasteiger partial charge is 0.298 e. The van der Waals surface area contributed by atoms with Gasteiger partial charge in [-0.25, -0.2) is 4.98 Å². The van der Waals surface area contributed by atoms with Crippen LogP contribution in [0.2, 0.25) is 0 Å². The first-order valence-corrected chi connectivity index (χ1v) is 8.10. The summed E-state index contributed by atoms with van der Waals surface area (Å²) in [6, 6.07) is 2.19. The van der Waals surface area contributed by atoms with Gasteiger partial charge in [-0.3, -0.25) is 10.00 Å². The molecule has 20 heavy (non-hydrogen) atoms. The number of likely N-dealkylation sites (tertiary alicyclic amines) is 1. The molecule has 0 amide bonds. The summed E-state index contributed by atoms with van der Waals surface area (Å²) in [5, 5.41) is 8.68. The first-order chi connectivity index (χ1) is 9.61. The lowest BCUT2D eigenvalue weighted by atomic mass is 9.94. The minimum absolute atomic E-state index is 0.572. The Labute approximate surface area is 124 Å². The summed E-state index contributed by atoms with van der Waals surface area (Å²) in [6.07, 6.45) is 2.51. The highest BCUT2D eigenvalue weighted by Gasteiger charge is 2.24. The van der Waals surface area contributed by atoms with Crippen LogP contribution in [-0.2, 0) is 6.54 Å². The van der Waals surface area contributed by atoms with E-state index in [0.717, 1.165) is 18.8 Å². The normalized spacial score (nSPS) is 20.4. The summed E-state index contributed by atoms with van der Waals surface area (Å²) in [6.45, 7) is 9.62. The highest BCUT2D eigenvalue weighted by Crippen LogP contribution is 2.28. The van der Waals surface area contributed by atoms with Crippen molar-refractivity contribution in [3.8, 4) is 0 Å². The van der Waals surface area contributed by atoms with Crippen LogP contribution in [0, 0.1) is 20.8 Å². The van der Waals surface area contributed by atoms with Crippen LogP contribution < -0.4 is 0 Å². The Bertz CT molecular complexity index is 586. The van der Waals surface area contributed by atoms with E-state index in [-0.39, 0.29) is 0 Å². The zero-order valence-corrected chi connectivity index (χ0v) is 13.3. The quantitative estimate of drug-likeness (QED) is 0.944. The van der Waals surface area contributed by atoms with E-state index in [4.69, 9.17) is 0 Å². The summed E-state index contributed by atoms with van der Waals surface area (Å²) >= 11 is 1.83. The lowest BCUT2D eigenvalue weighted by Gasteiger charge is -2.31. The van der Waals surface area contributed by atoms with Gasteiger partial charge < -0.3 is 0 Å². The van der Waals surface area contributed by atoms with E-state index >= 15 is 0 Å². The SMILES string of the molecule is Cc1cc(C2CCCN(Cc3sc(C)nc3C)C2)n[nH]1. The van der Waals surface area contributed by atoms with Gasteiger partial charge in [0.15, 0.2) is 0 Å². The van der Waals surface area contributed by atoms with Crippen molar-refractivity contribution in [2.24, 2.45) is 0 Å². The van der Waals surface area contributed by atoms with Crippen molar-refractivity contribution in [1.29, 1.82) is 0 Å². The molecule has 2 aromatic heterocycles. The van der Waals surface area contributed by atoms with Crippen molar-refractivity contribution in [2.45, 2.75) is 46.1 Å². The predicted octanol–water partition coefficient (Wildman–Crippen LogP) is 3.17. The molecule has 0 bridgehead atoms. The fourth-order valence-corrected chi connectivity index (χ4v) is 3.99. The van der Waals surface area contributed by atoms with Gasteiger partial charge in [0, 0.05) is 29.6 Å². The van der Waals surface area contributed by atoms with Crippen LogP contribution in [0.3, 0.4) is 0 Å². The van der Waals surface area contributed by atoms with Crippen LogP contribution in [0.15, 0.2) is 6.07 Å². The topological polar surface area (TPSA) is 44.8 Å². The first-order valence-electron chi connectivity index (χ1n) is 7.29. The molecule has 5 heteroatoms. The van der Waals surface area contributed by atoms with Crippen molar-refractivity contribution in [3.05, 3.63) is 33.0 Å². The molecule has 4 nitrogen and oxygen atoms in total. The molecule has 1 fully saturated rings. The van der Waals surface area contributed by atoms with Gasteiger partial charge in [0.2, 0.25) is 0 Å². The van der Waals surface area contributed by atoms with E-state index in [0.29, 0.717) is 5.92 Å². The Morgan fingerprint density at radius 2 is 2.25 bits per heavy atom. The Hall–Kier alpha value is -1.20. The summed E-state index contributed by atoms with van der Waals surface area (Å²) in [4.78, 5) is 8.50. The van der Waals surface area contributed by atoms with E-state index < -0.39 is 0 Å². The fraction of sp³-hybridized carbons (Fsp3) is 0.600. The van der Waals surface area contributed by atoms with Crippen LogP contribution >= 0.6 is 11.3 Å². The second-order valence-corrected chi connectivity index (χ2v) is 7.08. The zero-order valence-electron chi connectivity index (χ0n) is 12.4. The Kier molecular flexibility index (Phi) is 3.89. The first kappa shape index (κ1) is 13.8. The maximum Gasteiger partial charge on any atom is 0.0900 e. The van der Waals surface area contributed by atoms with Crippen molar-refractivity contribution < 1.29 is 0 Å². The molecule has 1 atom stereocenters. The number of hydrogen-bond donors (Lipinski definition) is 1. The van der Waals surface area contributed by atoms with Crippen LogP contribution in [0.5, 0.6) is 0 Å². The third kappa shape index (κ3) is 2.94. The van der Waals surface area contributed by atoms with Gasteiger partial charge in [0.05, 0.1) is 16.4 Å². The van der Waals surface area contributed by atoms with Crippen molar-refractivity contribution in [1.82, 2.24) is 20.1 Å². The van der Waals surface area contributed by atoms with Crippen LogP contribution in [0.4, 0.5) is 0 Å². The average Bonchev–Trinajstić information content (AvgIpc) is 2.97. The molecule has 1 aliphatic heterocycles. The molecule has 0 saturated carbocycles. The number of piperidine rings is 1. The molecule has 1 unspecified atom stereocenters. The minimum atomic E-state index is 0.572. The zero-order chi connectivity index (χ0) is 14.1. The summed E-state index contributed by atoms with van der Waals surface area (Å²) in [5.41, 5.74) is 3.58. The van der Waals surface area contributed by atoms with Gasteiger partial charge in [0.1, 0.15) is 0 Å². The standard InChI is InChI=1S/C15H22N4S/c1-10-7-14(18-17-10)13-5-4-6-19(8-13)9-15-11(2)16-12(3)20-15/h7,13H,4-6,8-9H2,1-3H3,(H,17,18). The summed E-state index contributed by atoms with van der Waals surface area (Å²) in [5.74, 6) is 0.572. The number of aryl methyl sites for hydroxylation is 3. The molecule has 1 aliphatic rings. The fourth-order valence-electron chi connectivity index (χ4n) is 3.01. The number of aromatic nitrogens is 3. The number of nitrogens with one attached hydrogen (secondary N) is 1. The van der Waals surface area contributed by atoms with Gasteiger partial charge >= 0.3 is 0 Å². The molecule has 1 saturated heterocycles. The van der Waals surface area contributed by atoms with Crippen LogP contribution in [0.1, 0.15) is 45.7 Å². The van der Waals surface area contributed by atoms with E-state index in [2.05, 4.69) is 46.9 Å². The molecule has 3 heterocycles. The van der Waals surface area contributed by atoms with E-state index in [9.17, 15) is 0 Å². The minimum Gasteiger partial charge on any atom is -0.298 e. The second-order valence-electron chi connectivity index (χ2n) is 5.79. The van der Waals surface area contributed by atoms with Crippen molar-refractivity contribution in [2.75, 3.05) is 13.1 Å². The van der Waals surface area contributed by atoms with Gasteiger partial charge in [-0.2, -0.15) is 5.10 Å². The molecular formula is C15H22N4S. The monoisotopic (exact) mass is 290 g/mol. The second kappa shape index (κ2) is 5.66. The van der Waals surface area contributed by atoms with Crippen LogP contribution in [0.25, 0.3) is 0 Å². The molecule has 0 spiro atoms. The predicted molar refractivity (Wildman–Crippen MR) is 82.2 cm³/mol. The molecule has 0 aliphatic carbocycles. The summed E-state index contributed by atoms with van der Waals surface area (Å²) < 4.78 is 0.